The van der Waals surface area contributed by atoms with E-state index < -0.39 is 0 Å². The Kier molecular flexibility index (Phi) is 2.99. The predicted molar refractivity (Wildman–Crippen MR) is 54.4 cm³/mol. The van der Waals surface area contributed by atoms with Gasteiger partial charge in [-0.2, -0.15) is 0 Å². The van der Waals surface area contributed by atoms with Crippen molar-refractivity contribution in [2.45, 2.75) is 52.5 Å². The van der Waals surface area contributed by atoms with Crippen LogP contribution < -0.4 is 5.32 Å². The Hall–Kier alpha value is -0.530. The molecule has 0 aliphatic carbocycles. The molecule has 2 atom stereocenters. The molecule has 1 N–H and O–H groups in total. The van der Waals surface area contributed by atoms with Crippen LogP contribution >= 0.6 is 0 Å². The minimum Gasteiger partial charge on any atom is -0.351 e. The normalized spacial score (nSPS) is 28.6. The van der Waals surface area contributed by atoms with Gasteiger partial charge >= 0.3 is 0 Å². The SMILES string of the molecule is CCCC(C)C1CC(=O)NC1(C)C. The average molecular weight is 183 g/mol. The Bertz CT molecular complexity index is 198. The van der Waals surface area contributed by atoms with Gasteiger partial charge in [0.2, 0.25) is 5.91 Å². The molecule has 1 heterocycles. The second-order valence-corrected chi connectivity index (χ2v) is 4.85. The summed E-state index contributed by atoms with van der Waals surface area (Å²) in [7, 11) is 0. The fraction of sp³-hybridized carbons (Fsp3) is 0.909. The second kappa shape index (κ2) is 3.69. The van der Waals surface area contributed by atoms with E-state index in [1.807, 2.05) is 0 Å². The van der Waals surface area contributed by atoms with Gasteiger partial charge in [-0.1, -0.05) is 26.7 Å². The largest absolute Gasteiger partial charge is 0.351 e. The van der Waals surface area contributed by atoms with Crippen LogP contribution in [0.3, 0.4) is 0 Å². The molecule has 1 aliphatic rings. The predicted octanol–water partition coefficient (Wildman–Crippen LogP) is 2.34. The molecule has 76 valence electrons. The van der Waals surface area contributed by atoms with Crippen LogP contribution in [-0.2, 0) is 4.79 Å². The lowest BCUT2D eigenvalue weighted by Gasteiger charge is -2.31. The first-order valence-corrected chi connectivity index (χ1v) is 5.28. The molecule has 1 amide bonds. The van der Waals surface area contributed by atoms with Crippen LogP contribution in [0.15, 0.2) is 0 Å². The van der Waals surface area contributed by atoms with E-state index in [1.54, 1.807) is 0 Å². The molecule has 0 aromatic carbocycles. The molecule has 0 aromatic heterocycles. The number of hydrogen-bond acceptors (Lipinski definition) is 1. The van der Waals surface area contributed by atoms with Crippen LogP contribution in [0.4, 0.5) is 0 Å². The number of amides is 1. The molecule has 2 nitrogen and oxygen atoms in total. The fourth-order valence-corrected chi connectivity index (χ4v) is 2.53. The van der Waals surface area contributed by atoms with Gasteiger partial charge in [0.25, 0.3) is 0 Å². The highest BCUT2D eigenvalue weighted by atomic mass is 16.2. The van der Waals surface area contributed by atoms with Gasteiger partial charge in [0.05, 0.1) is 0 Å². The highest BCUT2D eigenvalue weighted by Crippen LogP contribution is 2.34. The van der Waals surface area contributed by atoms with Crippen molar-refractivity contribution >= 4 is 5.91 Å². The quantitative estimate of drug-likeness (QED) is 0.715. The topological polar surface area (TPSA) is 29.1 Å². The third-order valence-electron chi connectivity index (χ3n) is 3.22. The molecule has 0 radical (unpaired) electrons. The van der Waals surface area contributed by atoms with Crippen molar-refractivity contribution in [2.24, 2.45) is 11.8 Å². The van der Waals surface area contributed by atoms with E-state index in [2.05, 4.69) is 33.0 Å². The second-order valence-electron chi connectivity index (χ2n) is 4.85. The van der Waals surface area contributed by atoms with Gasteiger partial charge in [-0.15, -0.1) is 0 Å². The van der Waals surface area contributed by atoms with E-state index in [-0.39, 0.29) is 11.4 Å². The van der Waals surface area contributed by atoms with Crippen LogP contribution in [0.25, 0.3) is 0 Å². The maximum absolute atomic E-state index is 11.3. The smallest absolute Gasteiger partial charge is 0.220 e. The fourth-order valence-electron chi connectivity index (χ4n) is 2.53. The maximum atomic E-state index is 11.3. The van der Waals surface area contributed by atoms with Crippen LogP contribution in [0.5, 0.6) is 0 Å². The molecule has 0 spiro atoms. The average Bonchev–Trinajstić information content (AvgIpc) is 2.24. The van der Waals surface area contributed by atoms with Crippen LogP contribution in [0, 0.1) is 11.8 Å². The van der Waals surface area contributed by atoms with Gasteiger partial charge in [-0.3, -0.25) is 4.79 Å². The lowest BCUT2D eigenvalue weighted by atomic mass is 9.78. The lowest BCUT2D eigenvalue weighted by Crippen LogP contribution is -2.41. The van der Waals surface area contributed by atoms with Crippen LogP contribution in [-0.4, -0.2) is 11.4 Å². The zero-order chi connectivity index (χ0) is 10.1. The van der Waals surface area contributed by atoms with Gasteiger partial charge in [0.1, 0.15) is 0 Å². The van der Waals surface area contributed by atoms with Crippen molar-refractivity contribution in [2.75, 3.05) is 0 Å². The Morgan fingerprint density at radius 1 is 1.62 bits per heavy atom. The van der Waals surface area contributed by atoms with Gasteiger partial charge < -0.3 is 5.32 Å². The van der Waals surface area contributed by atoms with E-state index in [9.17, 15) is 4.79 Å². The first kappa shape index (κ1) is 10.6. The molecule has 1 aliphatic heterocycles. The molecule has 2 heteroatoms. The van der Waals surface area contributed by atoms with Crippen molar-refractivity contribution in [1.29, 1.82) is 0 Å². The summed E-state index contributed by atoms with van der Waals surface area (Å²) in [5, 5.41) is 3.04. The van der Waals surface area contributed by atoms with Crippen LogP contribution in [0.2, 0.25) is 0 Å². The minimum atomic E-state index is 0.00562. The third-order valence-corrected chi connectivity index (χ3v) is 3.22. The van der Waals surface area contributed by atoms with Gasteiger partial charge in [0.15, 0.2) is 0 Å². The summed E-state index contributed by atoms with van der Waals surface area (Å²) in [4.78, 5) is 11.3. The Morgan fingerprint density at radius 2 is 2.23 bits per heavy atom. The summed E-state index contributed by atoms with van der Waals surface area (Å²) in [5.41, 5.74) is 0.00562. The molecule has 13 heavy (non-hydrogen) atoms. The highest BCUT2D eigenvalue weighted by Gasteiger charge is 2.41. The monoisotopic (exact) mass is 183 g/mol. The summed E-state index contributed by atoms with van der Waals surface area (Å²) in [5.74, 6) is 1.39. The van der Waals surface area contributed by atoms with Crippen molar-refractivity contribution in [3.05, 3.63) is 0 Å². The summed E-state index contributed by atoms with van der Waals surface area (Å²) in [6.45, 7) is 8.73. The van der Waals surface area contributed by atoms with Gasteiger partial charge in [0, 0.05) is 12.0 Å². The van der Waals surface area contributed by atoms with E-state index in [0.29, 0.717) is 18.3 Å². The number of rotatable bonds is 3. The molecular formula is C11H21NO. The highest BCUT2D eigenvalue weighted by molar-refractivity contribution is 5.79. The summed E-state index contributed by atoms with van der Waals surface area (Å²) in [6.07, 6.45) is 3.15. The molecular weight excluding hydrogens is 162 g/mol. The summed E-state index contributed by atoms with van der Waals surface area (Å²) < 4.78 is 0. The third kappa shape index (κ3) is 2.23. The molecule has 1 saturated heterocycles. The van der Waals surface area contributed by atoms with Gasteiger partial charge in [-0.05, 0) is 25.7 Å². The number of carbonyl (C=O) groups is 1. The van der Waals surface area contributed by atoms with Crippen molar-refractivity contribution in [3.63, 3.8) is 0 Å². The standard InChI is InChI=1S/C11H21NO/c1-5-6-8(2)9-7-10(13)12-11(9,3)4/h8-9H,5-7H2,1-4H3,(H,12,13). The number of nitrogens with one attached hydrogen (secondary N) is 1. The minimum absolute atomic E-state index is 0.00562. The molecule has 1 fully saturated rings. The maximum Gasteiger partial charge on any atom is 0.220 e. The zero-order valence-corrected chi connectivity index (χ0v) is 9.18. The van der Waals surface area contributed by atoms with Crippen molar-refractivity contribution in [3.8, 4) is 0 Å². The van der Waals surface area contributed by atoms with Crippen molar-refractivity contribution in [1.82, 2.24) is 5.32 Å². The molecule has 0 saturated carbocycles. The molecule has 1 rings (SSSR count). The number of hydrogen-bond donors (Lipinski definition) is 1. The first-order chi connectivity index (χ1) is 5.97. The van der Waals surface area contributed by atoms with Gasteiger partial charge in [-0.25, -0.2) is 0 Å². The van der Waals surface area contributed by atoms with E-state index in [0.717, 1.165) is 0 Å². The summed E-state index contributed by atoms with van der Waals surface area (Å²) in [6, 6.07) is 0. The molecule has 0 bridgehead atoms. The van der Waals surface area contributed by atoms with E-state index in [1.165, 1.54) is 12.8 Å². The lowest BCUT2D eigenvalue weighted by molar-refractivity contribution is -0.119. The van der Waals surface area contributed by atoms with E-state index >= 15 is 0 Å². The number of carbonyl (C=O) groups excluding carboxylic acids is 1. The summed E-state index contributed by atoms with van der Waals surface area (Å²) >= 11 is 0. The van der Waals surface area contributed by atoms with Crippen molar-refractivity contribution < 1.29 is 4.79 Å². The first-order valence-electron chi connectivity index (χ1n) is 5.28. The molecule has 0 aromatic rings. The Balaban J connectivity index is 2.63. The zero-order valence-electron chi connectivity index (χ0n) is 9.18. The Labute approximate surface area is 81.1 Å². The Morgan fingerprint density at radius 3 is 2.62 bits per heavy atom. The van der Waals surface area contributed by atoms with Crippen LogP contribution in [0.1, 0.15) is 47.0 Å². The van der Waals surface area contributed by atoms with E-state index in [4.69, 9.17) is 0 Å². The molecule has 2 unspecified atom stereocenters.